The molecule has 4 aromatic heterocycles. The zero-order valence-corrected chi connectivity index (χ0v) is 23.0. The number of fused-ring (bicyclic) bond motifs is 3. The Morgan fingerprint density at radius 1 is 1.23 bits per heavy atom. The Hall–Kier alpha value is -3.91. The Morgan fingerprint density at radius 2 is 1.98 bits per heavy atom. The molecule has 2 aliphatic rings. The van der Waals surface area contributed by atoms with E-state index in [2.05, 4.69) is 25.3 Å². The Kier molecular flexibility index (Phi) is 6.53. The highest BCUT2D eigenvalue weighted by Gasteiger charge is 2.46. The molecule has 2 bridgehead atoms. The molecule has 4 atom stereocenters. The van der Waals surface area contributed by atoms with Crippen LogP contribution in [-0.2, 0) is 9.84 Å². The molecule has 6 heterocycles. The van der Waals surface area contributed by atoms with E-state index in [1.807, 2.05) is 17.9 Å². The lowest BCUT2D eigenvalue weighted by molar-refractivity contribution is 0.0556. The van der Waals surface area contributed by atoms with Crippen molar-refractivity contribution in [2.75, 3.05) is 12.0 Å². The van der Waals surface area contributed by atoms with Crippen molar-refractivity contribution >= 4 is 27.2 Å². The minimum Gasteiger partial charge on any atom is -0.387 e. The maximum Gasteiger partial charge on any atom is 0.292 e. The van der Waals surface area contributed by atoms with E-state index in [4.69, 9.17) is 10.7 Å². The number of aromatic amines is 1. The number of aliphatic hydroxyl groups excluding tert-OH is 1. The molecule has 4 aromatic rings. The largest absolute Gasteiger partial charge is 0.387 e. The summed E-state index contributed by atoms with van der Waals surface area (Å²) in [6, 6.07) is 3.45. The molecular weight excluding hydrogens is 534 g/mol. The number of pyridine rings is 1. The number of amides is 1. The number of nitrogens with two attached hydrogens (primary N) is 1. The molecule has 14 heteroatoms. The van der Waals surface area contributed by atoms with Crippen LogP contribution in [0.2, 0.25) is 0 Å². The Morgan fingerprint density at radius 3 is 2.58 bits per heavy atom. The number of nitrogen functional groups attached to an aromatic ring is 1. The summed E-state index contributed by atoms with van der Waals surface area (Å²) in [6.45, 7) is 2.00. The molecule has 2 saturated heterocycles. The number of hydrogen-bond donors (Lipinski definition) is 3. The van der Waals surface area contributed by atoms with Gasteiger partial charge in [-0.15, -0.1) is 10.2 Å². The third kappa shape index (κ3) is 4.40. The van der Waals surface area contributed by atoms with Crippen LogP contribution in [0.4, 0.5) is 5.82 Å². The van der Waals surface area contributed by atoms with E-state index in [1.54, 1.807) is 18.5 Å². The lowest BCUT2D eigenvalue weighted by Gasteiger charge is -2.38. The zero-order chi connectivity index (χ0) is 28.2. The van der Waals surface area contributed by atoms with E-state index in [0.29, 0.717) is 41.9 Å². The normalized spacial score (nSPS) is 21.7. The van der Waals surface area contributed by atoms with Gasteiger partial charge in [-0.2, -0.15) is 9.61 Å². The molecule has 40 heavy (non-hydrogen) atoms. The lowest BCUT2D eigenvalue weighted by atomic mass is 9.87. The fraction of sp³-hybridized carbons (Fsp3) is 0.462. The summed E-state index contributed by atoms with van der Waals surface area (Å²) in [5.41, 5.74) is 9.26. The highest BCUT2D eigenvalue weighted by atomic mass is 32.2. The number of aromatic nitrogens is 7. The van der Waals surface area contributed by atoms with Gasteiger partial charge in [0, 0.05) is 41.6 Å². The van der Waals surface area contributed by atoms with Crippen molar-refractivity contribution in [3.8, 4) is 11.1 Å². The summed E-state index contributed by atoms with van der Waals surface area (Å²) >= 11 is 0. The summed E-state index contributed by atoms with van der Waals surface area (Å²) in [4.78, 5) is 27.1. The van der Waals surface area contributed by atoms with E-state index in [-0.39, 0.29) is 40.4 Å². The average Bonchev–Trinajstić information content (AvgIpc) is 3.66. The van der Waals surface area contributed by atoms with Gasteiger partial charge in [0.15, 0.2) is 15.5 Å². The molecule has 0 radical (unpaired) electrons. The minimum atomic E-state index is -3.75. The van der Waals surface area contributed by atoms with Gasteiger partial charge in [-0.1, -0.05) is 19.4 Å². The number of nitrogens with zero attached hydrogens (tertiary/aromatic N) is 7. The lowest BCUT2D eigenvalue weighted by Crippen LogP contribution is -2.46. The molecule has 0 saturated carbocycles. The zero-order valence-electron chi connectivity index (χ0n) is 22.2. The van der Waals surface area contributed by atoms with Gasteiger partial charge >= 0.3 is 0 Å². The maximum absolute atomic E-state index is 13.1. The van der Waals surface area contributed by atoms with Crippen LogP contribution in [0.1, 0.15) is 79.5 Å². The second-order valence-corrected chi connectivity index (χ2v) is 12.6. The number of hydrogen-bond acceptors (Lipinski definition) is 10. The van der Waals surface area contributed by atoms with Crippen LogP contribution in [0.5, 0.6) is 0 Å². The third-order valence-corrected chi connectivity index (χ3v) is 9.17. The molecule has 6 rings (SSSR count). The maximum atomic E-state index is 13.1. The highest BCUT2D eigenvalue weighted by Crippen LogP contribution is 2.45. The van der Waals surface area contributed by atoms with Gasteiger partial charge < -0.3 is 20.7 Å². The number of nitrogens with one attached hydrogen (secondary N) is 1. The number of piperidine rings is 1. The van der Waals surface area contributed by atoms with Gasteiger partial charge in [0.05, 0.1) is 23.7 Å². The van der Waals surface area contributed by atoms with Crippen molar-refractivity contribution in [1.82, 2.24) is 39.7 Å². The smallest absolute Gasteiger partial charge is 0.292 e. The Bertz CT molecular complexity index is 1650. The summed E-state index contributed by atoms with van der Waals surface area (Å²) < 4.78 is 27.4. The molecule has 0 spiro atoms. The molecular formula is C26H31N9O4S. The molecule has 1 amide bonds. The standard InChI is InChI=1S/C26H31N9O4S/c1-3-4-20(36)19-8-5-14(11-28-19)18-12-31-35-23(27)22(40(2,38)39)21(32-25(18)35)15-9-16-6-7-17(10-15)34(16)26(37)24-29-13-30-33-24/h5,8,11-13,15-17,20,36H,3-4,6-7,9-10,27H2,1-2H3,(H,29,30,33)/t15-,16-,17+,20?. The van der Waals surface area contributed by atoms with E-state index in [1.165, 1.54) is 10.8 Å². The van der Waals surface area contributed by atoms with Crippen LogP contribution in [-0.4, -0.2) is 77.4 Å². The van der Waals surface area contributed by atoms with Crippen molar-refractivity contribution in [3.63, 3.8) is 0 Å². The number of carbonyl (C=O) groups excluding carboxylic acids is 1. The second kappa shape index (κ2) is 9.93. The number of H-pyrrole nitrogens is 1. The predicted octanol–water partition coefficient (Wildman–Crippen LogP) is 2.28. The number of carbonyl (C=O) groups is 1. The van der Waals surface area contributed by atoms with Crippen molar-refractivity contribution in [1.29, 1.82) is 0 Å². The molecule has 0 aliphatic carbocycles. The number of rotatable bonds is 7. The summed E-state index contributed by atoms with van der Waals surface area (Å²) in [5.74, 6) is -0.223. The van der Waals surface area contributed by atoms with Crippen LogP contribution in [0.3, 0.4) is 0 Å². The molecule has 1 unspecified atom stereocenters. The first-order valence-corrected chi connectivity index (χ1v) is 15.3. The van der Waals surface area contributed by atoms with Gasteiger partial charge in [0.25, 0.3) is 5.91 Å². The Labute approximate surface area is 230 Å². The summed E-state index contributed by atoms with van der Waals surface area (Å²) in [5, 5.41) is 22.3. The number of aliphatic hydroxyl groups is 1. The molecule has 2 fully saturated rings. The minimum absolute atomic E-state index is 0.00390. The van der Waals surface area contributed by atoms with Crippen molar-refractivity contribution < 1.29 is 18.3 Å². The van der Waals surface area contributed by atoms with Crippen molar-refractivity contribution in [2.45, 2.75) is 74.4 Å². The van der Waals surface area contributed by atoms with Crippen LogP contribution in [0.15, 0.2) is 35.7 Å². The van der Waals surface area contributed by atoms with Crippen LogP contribution in [0.25, 0.3) is 16.8 Å². The molecule has 2 aliphatic heterocycles. The quantitative estimate of drug-likeness (QED) is 0.300. The van der Waals surface area contributed by atoms with E-state index < -0.39 is 15.9 Å². The summed E-state index contributed by atoms with van der Waals surface area (Å²) in [7, 11) is -3.75. The highest BCUT2D eigenvalue weighted by molar-refractivity contribution is 7.91. The van der Waals surface area contributed by atoms with Gasteiger partial charge in [-0.05, 0) is 38.2 Å². The van der Waals surface area contributed by atoms with Gasteiger partial charge in [-0.3, -0.25) is 9.78 Å². The molecule has 210 valence electrons. The molecule has 4 N–H and O–H groups in total. The van der Waals surface area contributed by atoms with Crippen LogP contribution < -0.4 is 5.73 Å². The van der Waals surface area contributed by atoms with E-state index >= 15 is 0 Å². The SMILES string of the molecule is CCCC(O)c1ccc(-c2cnn3c(N)c(S(C)(=O)=O)c([C@@H]4C[C@H]5CC[C@@H](C4)N5C(=O)c4nnc[nH]4)nc23)cn1. The predicted molar refractivity (Wildman–Crippen MR) is 145 cm³/mol. The fourth-order valence-corrected chi connectivity index (χ4v) is 7.28. The summed E-state index contributed by atoms with van der Waals surface area (Å²) in [6.07, 6.45) is 9.29. The van der Waals surface area contributed by atoms with Gasteiger partial charge in [0.1, 0.15) is 17.0 Å². The Balaban J connectivity index is 1.40. The van der Waals surface area contributed by atoms with Crippen molar-refractivity contribution in [3.05, 3.63) is 48.1 Å². The van der Waals surface area contributed by atoms with Crippen LogP contribution in [0, 0.1) is 0 Å². The first-order valence-electron chi connectivity index (χ1n) is 13.4. The number of sulfone groups is 1. The second-order valence-electron chi connectivity index (χ2n) is 10.7. The molecule has 0 aromatic carbocycles. The van der Waals surface area contributed by atoms with Crippen LogP contribution >= 0.6 is 0 Å². The fourth-order valence-electron chi connectivity index (χ4n) is 6.23. The van der Waals surface area contributed by atoms with Crippen molar-refractivity contribution in [2.24, 2.45) is 0 Å². The van der Waals surface area contributed by atoms with E-state index in [9.17, 15) is 18.3 Å². The molecule has 13 nitrogen and oxygen atoms in total. The topological polar surface area (TPSA) is 185 Å². The first-order chi connectivity index (χ1) is 19.2. The number of anilines is 1. The van der Waals surface area contributed by atoms with E-state index in [0.717, 1.165) is 31.1 Å². The third-order valence-electron chi connectivity index (χ3n) is 8.01. The monoisotopic (exact) mass is 565 g/mol. The van der Waals surface area contributed by atoms with Gasteiger partial charge in [-0.25, -0.2) is 13.4 Å². The average molecular weight is 566 g/mol. The first kappa shape index (κ1) is 26.3. The van der Waals surface area contributed by atoms with Gasteiger partial charge in [0.2, 0.25) is 5.82 Å².